The molecule has 0 aliphatic carbocycles. The zero-order valence-electron chi connectivity index (χ0n) is 25.5. The van der Waals surface area contributed by atoms with E-state index in [-0.39, 0.29) is 12.1 Å². The Morgan fingerprint density at radius 2 is 1.04 bits per heavy atom. The standard InChI is InChI=1S/C44H29NO2/c1-3-11-29(12-4-1)33-16-9-18-35-36-19-10-17-34(43(36)47-42(33)35)30-23-21-28(22-24-30)31-25-26-38-40(27-31)46-44-37-15-7-8-20-39(37)45(41(38)44)32-13-5-2-6-14-32/h1-27,41,44H. The third kappa shape index (κ3) is 4.00. The van der Waals surface area contributed by atoms with Crippen molar-refractivity contribution in [1.82, 2.24) is 0 Å². The van der Waals surface area contributed by atoms with Gasteiger partial charge in [0, 0.05) is 44.4 Å². The first kappa shape index (κ1) is 26.2. The van der Waals surface area contributed by atoms with Gasteiger partial charge >= 0.3 is 0 Å². The summed E-state index contributed by atoms with van der Waals surface area (Å²) in [5.41, 5.74) is 13.5. The molecular weight excluding hydrogens is 574 g/mol. The van der Waals surface area contributed by atoms with Gasteiger partial charge < -0.3 is 14.1 Å². The van der Waals surface area contributed by atoms with E-state index in [1.165, 1.54) is 22.5 Å². The zero-order chi connectivity index (χ0) is 30.9. The molecule has 0 saturated heterocycles. The van der Waals surface area contributed by atoms with Crippen molar-refractivity contribution in [3.05, 3.63) is 175 Å². The number of rotatable bonds is 4. The summed E-state index contributed by atoms with van der Waals surface area (Å²) in [4.78, 5) is 2.43. The second-order valence-electron chi connectivity index (χ2n) is 12.4. The van der Waals surface area contributed by atoms with Crippen LogP contribution >= 0.6 is 0 Å². The number of furan rings is 1. The van der Waals surface area contributed by atoms with Crippen LogP contribution in [0.4, 0.5) is 11.4 Å². The van der Waals surface area contributed by atoms with E-state index in [2.05, 4.69) is 163 Å². The lowest BCUT2D eigenvalue weighted by molar-refractivity contribution is 0.223. The summed E-state index contributed by atoms with van der Waals surface area (Å²) in [5.74, 6) is 0.957. The van der Waals surface area contributed by atoms with E-state index in [0.29, 0.717) is 0 Å². The van der Waals surface area contributed by atoms with Crippen molar-refractivity contribution in [3.8, 4) is 39.1 Å². The maximum absolute atomic E-state index is 6.73. The smallest absolute Gasteiger partial charge is 0.151 e. The van der Waals surface area contributed by atoms with E-state index in [0.717, 1.165) is 61.1 Å². The van der Waals surface area contributed by atoms with Gasteiger partial charge in [-0.15, -0.1) is 0 Å². The molecule has 7 aromatic carbocycles. The Morgan fingerprint density at radius 3 is 1.77 bits per heavy atom. The lowest BCUT2D eigenvalue weighted by Gasteiger charge is -2.26. The third-order valence-electron chi connectivity index (χ3n) is 9.83. The summed E-state index contributed by atoms with van der Waals surface area (Å²) in [6.07, 6.45) is -0.0364. The lowest BCUT2D eigenvalue weighted by atomic mass is 9.96. The summed E-state index contributed by atoms with van der Waals surface area (Å²) >= 11 is 0. The average molecular weight is 604 g/mol. The molecule has 47 heavy (non-hydrogen) atoms. The Kier molecular flexibility index (Phi) is 5.70. The Labute approximate surface area is 272 Å². The lowest BCUT2D eigenvalue weighted by Crippen LogP contribution is -2.19. The fourth-order valence-electron chi connectivity index (χ4n) is 7.65. The monoisotopic (exact) mass is 603 g/mol. The van der Waals surface area contributed by atoms with Gasteiger partial charge in [-0.1, -0.05) is 140 Å². The van der Waals surface area contributed by atoms with Crippen LogP contribution in [0, 0.1) is 0 Å². The van der Waals surface area contributed by atoms with Crippen LogP contribution in [-0.4, -0.2) is 0 Å². The van der Waals surface area contributed by atoms with Crippen molar-refractivity contribution in [3.63, 3.8) is 0 Å². The highest BCUT2D eigenvalue weighted by Crippen LogP contribution is 2.59. The van der Waals surface area contributed by atoms with Crippen LogP contribution in [0.2, 0.25) is 0 Å². The number of anilines is 2. The van der Waals surface area contributed by atoms with Crippen molar-refractivity contribution in [2.24, 2.45) is 0 Å². The van der Waals surface area contributed by atoms with Crippen LogP contribution in [0.15, 0.2) is 168 Å². The Hall–Kier alpha value is -6.06. The van der Waals surface area contributed by atoms with Gasteiger partial charge in [0.1, 0.15) is 23.0 Å². The second-order valence-corrected chi connectivity index (χ2v) is 12.4. The van der Waals surface area contributed by atoms with Gasteiger partial charge in [-0.05, 0) is 46.5 Å². The molecule has 3 heteroatoms. The van der Waals surface area contributed by atoms with Crippen molar-refractivity contribution >= 4 is 33.3 Å². The molecule has 222 valence electrons. The van der Waals surface area contributed by atoms with Crippen molar-refractivity contribution in [1.29, 1.82) is 0 Å². The van der Waals surface area contributed by atoms with Gasteiger partial charge in [-0.2, -0.15) is 0 Å². The Balaban J connectivity index is 1.00. The Bertz CT molecular complexity index is 2440. The molecule has 1 aromatic heterocycles. The number of fused-ring (bicyclic) bond motifs is 8. The molecule has 0 bridgehead atoms. The van der Waals surface area contributed by atoms with Gasteiger partial charge in [-0.25, -0.2) is 0 Å². The minimum absolute atomic E-state index is 0.0364. The number of para-hydroxylation sites is 4. The third-order valence-corrected chi connectivity index (χ3v) is 9.83. The number of hydrogen-bond acceptors (Lipinski definition) is 3. The van der Waals surface area contributed by atoms with E-state index in [1.54, 1.807) is 0 Å². The van der Waals surface area contributed by atoms with Crippen molar-refractivity contribution in [2.75, 3.05) is 4.90 Å². The summed E-state index contributed by atoms with van der Waals surface area (Å²) < 4.78 is 13.4. The van der Waals surface area contributed by atoms with Crippen LogP contribution in [0.25, 0.3) is 55.3 Å². The van der Waals surface area contributed by atoms with Crippen LogP contribution < -0.4 is 9.64 Å². The fraction of sp³-hybridized carbons (Fsp3) is 0.0455. The maximum atomic E-state index is 6.73. The van der Waals surface area contributed by atoms with E-state index in [1.807, 2.05) is 6.07 Å². The fourth-order valence-corrected chi connectivity index (χ4v) is 7.65. The molecule has 0 radical (unpaired) electrons. The van der Waals surface area contributed by atoms with Crippen LogP contribution in [0.3, 0.4) is 0 Å². The highest BCUT2D eigenvalue weighted by atomic mass is 16.5. The summed E-state index contributed by atoms with van der Waals surface area (Å²) in [7, 11) is 0. The molecule has 0 saturated carbocycles. The molecule has 8 aromatic rings. The first-order valence-corrected chi connectivity index (χ1v) is 16.2. The molecule has 2 unspecified atom stereocenters. The van der Waals surface area contributed by atoms with E-state index in [9.17, 15) is 0 Å². The predicted octanol–water partition coefficient (Wildman–Crippen LogP) is 11.9. The minimum atomic E-state index is -0.0364. The molecule has 2 aliphatic heterocycles. The molecule has 3 heterocycles. The molecule has 0 N–H and O–H groups in total. The summed E-state index contributed by atoms with van der Waals surface area (Å²) in [6, 6.07) is 58.2. The Morgan fingerprint density at radius 1 is 0.447 bits per heavy atom. The SMILES string of the molecule is c1ccc(-c2cccc3c2oc2c(-c4ccc(-c5ccc6c(c5)OC5c7ccccc7N(c7ccccc7)C65)cc4)cccc23)cc1. The first-order chi connectivity index (χ1) is 23.3. The maximum Gasteiger partial charge on any atom is 0.151 e. The summed E-state index contributed by atoms with van der Waals surface area (Å²) in [6.45, 7) is 0. The minimum Gasteiger partial charge on any atom is -0.483 e. The molecule has 2 aliphatic rings. The van der Waals surface area contributed by atoms with Crippen LogP contribution in [0.1, 0.15) is 23.3 Å². The van der Waals surface area contributed by atoms with Gasteiger partial charge in [0.2, 0.25) is 0 Å². The number of benzene rings is 7. The molecule has 0 spiro atoms. The first-order valence-electron chi connectivity index (χ1n) is 16.2. The van der Waals surface area contributed by atoms with E-state index >= 15 is 0 Å². The molecule has 0 fully saturated rings. The normalized spacial score (nSPS) is 16.2. The van der Waals surface area contributed by atoms with Crippen molar-refractivity contribution < 1.29 is 9.15 Å². The average Bonchev–Trinajstić information content (AvgIpc) is 3.81. The van der Waals surface area contributed by atoms with Crippen LogP contribution in [-0.2, 0) is 0 Å². The topological polar surface area (TPSA) is 25.6 Å². The van der Waals surface area contributed by atoms with Gasteiger partial charge in [-0.3, -0.25) is 0 Å². The molecule has 2 atom stereocenters. The molecular formula is C44H29NO2. The quantitative estimate of drug-likeness (QED) is 0.200. The van der Waals surface area contributed by atoms with Gasteiger partial charge in [0.05, 0.1) is 0 Å². The molecule has 10 rings (SSSR count). The summed E-state index contributed by atoms with van der Waals surface area (Å²) in [5, 5.41) is 2.27. The van der Waals surface area contributed by atoms with Gasteiger partial charge in [0.15, 0.2) is 6.10 Å². The molecule has 3 nitrogen and oxygen atoms in total. The number of hydrogen-bond donors (Lipinski definition) is 0. The van der Waals surface area contributed by atoms with Crippen LogP contribution in [0.5, 0.6) is 5.75 Å². The van der Waals surface area contributed by atoms with Crippen molar-refractivity contribution in [2.45, 2.75) is 12.1 Å². The molecule has 0 amide bonds. The number of ether oxygens (including phenoxy) is 1. The van der Waals surface area contributed by atoms with E-state index in [4.69, 9.17) is 9.15 Å². The van der Waals surface area contributed by atoms with Gasteiger partial charge in [0.25, 0.3) is 0 Å². The number of nitrogens with zero attached hydrogens (tertiary/aromatic N) is 1. The largest absolute Gasteiger partial charge is 0.483 e. The second kappa shape index (κ2) is 10.2. The highest BCUT2D eigenvalue weighted by Gasteiger charge is 2.47. The predicted molar refractivity (Wildman–Crippen MR) is 191 cm³/mol. The zero-order valence-corrected chi connectivity index (χ0v) is 25.5. The highest BCUT2D eigenvalue weighted by molar-refractivity contribution is 6.13. The van der Waals surface area contributed by atoms with E-state index < -0.39 is 0 Å².